The predicted molar refractivity (Wildman–Crippen MR) is 56.8 cm³/mol. The molecule has 1 aliphatic carbocycles. The number of rotatable bonds is 4. The lowest BCUT2D eigenvalue weighted by atomic mass is 9.82. The van der Waals surface area contributed by atoms with E-state index < -0.39 is 0 Å². The fourth-order valence-electron chi connectivity index (χ4n) is 1.84. The van der Waals surface area contributed by atoms with E-state index in [1.54, 1.807) is 6.07 Å². The highest BCUT2D eigenvalue weighted by Crippen LogP contribution is 2.29. The Morgan fingerprint density at radius 1 is 1.40 bits per heavy atom. The molecule has 2 nitrogen and oxygen atoms in total. The Kier molecular flexibility index (Phi) is 3.34. The summed E-state index contributed by atoms with van der Waals surface area (Å²) in [5.41, 5.74) is 6.41. The van der Waals surface area contributed by atoms with Crippen molar-refractivity contribution in [2.45, 2.75) is 25.6 Å². The van der Waals surface area contributed by atoms with Crippen LogP contribution in [0.5, 0.6) is 0 Å². The SMILES string of the molecule is NCC1CC(OCc2cccc(F)c2)C1. The van der Waals surface area contributed by atoms with Gasteiger partial charge in [-0.15, -0.1) is 0 Å². The van der Waals surface area contributed by atoms with Crippen molar-refractivity contribution in [3.63, 3.8) is 0 Å². The highest BCUT2D eigenvalue weighted by Gasteiger charge is 2.28. The third-order valence-corrected chi connectivity index (χ3v) is 2.90. The first-order valence-corrected chi connectivity index (χ1v) is 5.34. The molecule has 0 atom stereocenters. The van der Waals surface area contributed by atoms with Crippen molar-refractivity contribution in [2.24, 2.45) is 11.7 Å². The van der Waals surface area contributed by atoms with Crippen LogP contribution in [0.3, 0.4) is 0 Å². The zero-order valence-corrected chi connectivity index (χ0v) is 8.66. The van der Waals surface area contributed by atoms with Gasteiger partial charge in [-0.05, 0) is 43.0 Å². The molecule has 0 spiro atoms. The Morgan fingerprint density at radius 3 is 2.87 bits per heavy atom. The molecule has 2 rings (SSSR count). The normalized spacial score (nSPS) is 24.9. The van der Waals surface area contributed by atoms with Crippen molar-refractivity contribution < 1.29 is 9.13 Å². The fourth-order valence-corrected chi connectivity index (χ4v) is 1.84. The summed E-state index contributed by atoms with van der Waals surface area (Å²) in [6, 6.07) is 6.54. The van der Waals surface area contributed by atoms with Crippen molar-refractivity contribution in [3.8, 4) is 0 Å². The fraction of sp³-hybridized carbons (Fsp3) is 0.500. The maximum absolute atomic E-state index is 12.8. The molecule has 1 aromatic carbocycles. The average molecular weight is 209 g/mol. The van der Waals surface area contributed by atoms with Gasteiger partial charge < -0.3 is 10.5 Å². The van der Waals surface area contributed by atoms with E-state index in [1.807, 2.05) is 6.07 Å². The summed E-state index contributed by atoms with van der Waals surface area (Å²) >= 11 is 0. The van der Waals surface area contributed by atoms with Gasteiger partial charge in [0.2, 0.25) is 0 Å². The van der Waals surface area contributed by atoms with Gasteiger partial charge in [-0.1, -0.05) is 12.1 Å². The van der Waals surface area contributed by atoms with Gasteiger partial charge in [-0.2, -0.15) is 0 Å². The van der Waals surface area contributed by atoms with E-state index in [2.05, 4.69) is 0 Å². The van der Waals surface area contributed by atoms with Crippen molar-refractivity contribution in [1.82, 2.24) is 0 Å². The average Bonchev–Trinajstić information content (AvgIpc) is 2.16. The van der Waals surface area contributed by atoms with Crippen molar-refractivity contribution in [2.75, 3.05) is 6.54 Å². The Labute approximate surface area is 89.2 Å². The van der Waals surface area contributed by atoms with Gasteiger partial charge in [0.05, 0.1) is 12.7 Å². The third kappa shape index (κ3) is 2.76. The van der Waals surface area contributed by atoms with Crippen LogP contribution in [0, 0.1) is 11.7 Å². The van der Waals surface area contributed by atoms with E-state index in [9.17, 15) is 4.39 Å². The molecule has 0 aromatic heterocycles. The molecule has 0 unspecified atom stereocenters. The van der Waals surface area contributed by atoms with Crippen LogP contribution < -0.4 is 5.73 Å². The first kappa shape index (κ1) is 10.6. The molecule has 1 saturated carbocycles. The lowest BCUT2D eigenvalue weighted by Gasteiger charge is -2.34. The minimum absolute atomic E-state index is 0.204. The van der Waals surface area contributed by atoms with E-state index in [-0.39, 0.29) is 5.82 Å². The number of benzene rings is 1. The first-order chi connectivity index (χ1) is 7.28. The van der Waals surface area contributed by atoms with Crippen LogP contribution in [0.1, 0.15) is 18.4 Å². The van der Waals surface area contributed by atoms with Crippen molar-refractivity contribution in [3.05, 3.63) is 35.6 Å². The number of halogens is 1. The van der Waals surface area contributed by atoms with Crippen LogP contribution in [0.2, 0.25) is 0 Å². The second-order valence-electron chi connectivity index (χ2n) is 4.14. The molecule has 0 bridgehead atoms. The first-order valence-electron chi connectivity index (χ1n) is 5.34. The van der Waals surface area contributed by atoms with Crippen LogP contribution in [0.25, 0.3) is 0 Å². The van der Waals surface area contributed by atoms with Crippen molar-refractivity contribution >= 4 is 0 Å². The van der Waals surface area contributed by atoms with Crippen LogP contribution >= 0.6 is 0 Å². The van der Waals surface area contributed by atoms with Gasteiger partial charge in [0.1, 0.15) is 5.82 Å². The summed E-state index contributed by atoms with van der Waals surface area (Å²) in [4.78, 5) is 0. The molecule has 1 aromatic rings. The molecule has 3 heteroatoms. The highest BCUT2D eigenvalue weighted by molar-refractivity contribution is 5.15. The number of hydrogen-bond acceptors (Lipinski definition) is 2. The maximum atomic E-state index is 12.8. The summed E-state index contributed by atoms with van der Waals surface area (Å²) in [5.74, 6) is 0.423. The molecular formula is C12H16FNO. The number of nitrogens with two attached hydrogens (primary N) is 1. The van der Waals surface area contributed by atoms with Gasteiger partial charge in [0.25, 0.3) is 0 Å². The zero-order valence-electron chi connectivity index (χ0n) is 8.66. The van der Waals surface area contributed by atoms with Crippen LogP contribution in [0.4, 0.5) is 4.39 Å². The second kappa shape index (κ2) is 4.73. The predicted octanol–water partition coefficient (Wildman–Crippen LogP) is 2.08. The van der Waals surface area contributed by atoms with Gasteiger partial charge >= 0.3 is 0 Å². The smallest absolute Gasteiger partial charge is 0.123 e. The summed E-state index contributed by atoms with van der Waals surface area (Å²) in [6.45, 7) is 1.25. The summed E-state index contributed by atoms with van der Waals surface area (Å²) in [6.07, 6.45) is 2.42. The Balaban J connectivity index is 1.75. The van der Waals surface area contributed by atoms with Crippen LogP contribution in [0.15, 0.2) is 24.3 Å². The van der Waals surface area contributed by atoms with Crippen LogP contribution in [-0.4, -0.2) is 12.6 Å². The lowest BCUT2D eigenvalue weighted by molar-refractivity contribution is -0.0376. The maximum Gasteiger partial charge on any atom is 0.123 e. The molecule has 1 aliphatic rings. The summed E-state index contributed by atoms with van der Waals surface area (Å²) in [7, 11) is 0. The molecule has 0 amide bonds. The Bertz CT molecular complexity index is 323. The summed E-state index contributed by atoms with van der Waals surface area (Å²) in [5, 5.41) is 0. The molecule has 82 valence electrons. The zero-order chi connectivity index (χ0) is 10.7. The molecule has 0 aliphatic heterocycles. The standard InChI is InChI=1S/C12H16FNO/c13-11-3-1-2-9(4-11)8-15-12-5-10(6-12)7-14/h1-4,10,12H,5-8,14H2. The molecule has 0 saturated heterocycles. The molecule has 15 heavy (non-hydrogen) atoms. The molecule has 0 heterocycles. The second-order valence-corrected chi connectivity index (χ2v) is 4.14. The van der Waals surface area contributed by atoms with Gasteiger partial charge in [-0.3, -0.25) is 0 Å². The highest BCUT2D eigenvalue weighted by atomic mass is 19.1. The Morgan fingerprint density at radius 2 is 2.20 bits per heavy atom. The largest absolute Gasteiger partial charge is 0.374 e. The third-order valence-electron chi connectivity index (χ3n) is 2.90. The van der Waals surface area contributed by atoms with Crippen molar-refractivity contribution in [1.29, 1.82) is 0 Å². The Hall–Kier alpha value is -0.930. The minimum Gasteiger partial charge on any atom is -0.374 e. The van der Waals surface area contributed by atoms with E-state index in [0.29, 0.717) is 18.6 Å². The molecule has 2 N–H and O–H groups in total. The topological polar surface area (TPSA) is 35.2 Å². The molecule has 1 fully saturated rings. The molecule has 0 radical (unpaired) electrons. The van der Waals surface area contributed by atoms with E-state index >= 15 is 0 Å². The van der Waals surface area contributed by atoms with E-state index in [0.717, 1.165) is 24.9 Å². The quantitative estimate of drug-likeness (QED) is 0.824. The van der Waals surface area contributed by atoms with Crippen LogP contribution in [-0.2, 0) is 11.3 Å². The minimum atomic E-state index is -0.204. The van der Waals surface area contributed by atoms with Gasteiger partial charge in [-0.25, -0.2) is 4.39 Å². The lowest BCUT2D eigenvalue weighted by Crippen LogP contribution is -2.35. The van der Waals surface area contributed by atoms with Gasteiger partial charge in [0.15, 0.2) is 0 Å². The van der Waals surface area contributed by atoms with E-state index in [4.69, 9.17) is 10.5 Å². The number of hydrogen-bond donors (Lipinski definition) is 1. The van der Waals surface area contributed by atoms with Gasteiger partial charge in [0, 0.05) is 0 Å². The number of ether oxygens (including phenoxy) is 1. The summed E-state index contributed by atoms with van der Waals surface area (Å²) < 4.78 is 18.5. The monoisotopic (exact) mass is 209 g/mol. The molecular weight excluding hydrogens is 193 g/mol. The van der Waals surface area contributed by atoms with E-state index in [1.165, 1.54) is 12.1 Å².